The van der Waals surface area contributed by atoms with Crippen molar-refractivity contribution in [2.75, 3.05) is 40.4 Å². The van der Waals surface area contributed by atoms with Crippen LogP contribution in [0.1, 0.15) is 5.56 Å². The van der Waals surface area contributed by atoms with Crippen LogP contribution >= 0.6 is 0 Å². The molecule has 0 saturated heterocycles. The van der Waals surface area contributed by atoms with Gasteiger partial charge in [0.25, 0.3) is 5.91 Å². The van der Waals surface area contributed by atoms with Crippen LogP contribution in [-0.4, -0.2) is 46.9 Å². The second kappa shape index (κ2) is 10.1. The average molecular weight is 389 g/mol. The quantitative estimate of drug-likeness (QED) is 0.659. The molecular formula is C20H23NO7. The van der Waals surface area contributed by atoms with Crippen LogP contribution in [0.15, 0.2) is 36.4 Å². The molecule has 0 aromatic heterocycles. The molecule has 0 unspecified atom stereocenters. The fraction of sp³-hybridized carbons (Fsp3) is 0.300. The molecule has 0 radical (unpaired) electrons. The van der Waals surface area contributed by atoms with Crippen molar-refractivity contribution in [3.63, 3.8) is 0 Å². The molecule has 0 atom stereocenters. The third-order valence-electron chi connectivity index (χ3n) is 3.79. The molecule has 0 aliphatic carbocycles. The highest BCUT2D eigenvalue weighted by atomic mass is 16.5. The molecule has 0 heterocycles. The van der Waals surface area contributed by atoms with Gasteiger partial charge in [-0.2, -0.15) is 0 Å². The van der Waals surface area contributed by atoms with Crippen LogP contribution in [0, 0.1) is 0 Å². The Hall–Kier alpha value is -3.42. The summed E-state index contributed by atoms with van der Waals surface area (Å²) in [6, 6.07) is 10.2. The number of anilines is 1. The summed E-state index contributed by atoms with van der Waals surface area (Å²) in [5, 5.41) is 2.63. The zero-order chi connectivity index (χ0) is 20.5. The number of amides is 1. The van der Waals surface area contributed by atoms with Gasteiger partial charge in [-0.1, -0.05) is 6.07 Å². The molecule has 0 saturated carbocycles. The van der Waals surface area contributed by atoms with Crippen LogP contribution in [0.3, 0.4) is 0 Å². The third kappa shape index (κ3) is 5.54. The minimum Gasteiger partial charge on any atom is -0.497 e. The van der Waals surface area contributed by atoms with Gasteiger partial charge >= 0.3 is 5.97 Å². The fourth-order valence-electron chi connectivity index (χ4n) is 2.50. The Bertz CT molecular complexity index is 810. The van der Waals surface area contributed by atoms with Gasteiger partial charge in [0.2, 0.25) is 5.75 Å². The van der Waals surface area contributed by atoms with E-state index in [1.54, 1.807) is 36.4 Å². The van der Waals surface area contributed by atoms with E-state index in [9.17, 15) is 9.59 Å². The van der Waals surface area contributed by atoms with Crippen molar-refractivity contribution >= 4 is 17.6 Å². The number of nitrogens with one attached hydrogen (secondary N) is 1. The van der Waals surface area contributed by atoms with E-state index in [0.717, 1.165) is 0 Å². The lowest BCUT2D eigenvalue weighted by atomic mass is 10.1. The maximum atomic E-state index is 12.1. The van der Waals surface area contributed by atoms with Crippen molar-refractivity contribution in [2.45, 2.75) is 6.42 Å². The van der Waals surface area contributed by atoms with Crippen LogP contribution in [0.5, 0.6) is 23.0 Å². The second-order valence-electron chi connectivity index (χ2n) is 5.65. The van der Waals surface area contributed by atoms with Gasteiger partial charge in [-0.15, -0.1) is 0 Å². The molecule has 150 valence electrons. The first kappa shape index (κ1) is 20.9. The first-order valence-corrected chi connectivity index (χ1v) is 8.39. The standard InChI is InChI=1S/C20H23NO7/c1-24-15-7-5-6-14(11-15)21-18(22)12-28-19(23)10-13-8-16(25-2)20(27-4)17(9-13)26-3/h5-9,11H,10,12H2,1-4H3,(H,21,22). The highest BCUT2D eigenvalue weighted by Crippen LogP contribution is 2.38. The SMILES string of the molecule is COc1cccc(NC(=O)COC(=O)Cc2cc(OC)c(OC)c(OC)c2)c1. The summed E-state index contributed by atoms with van der Waals surface area (Å²) >= 11 is 0. The maximum absolute atomic E-state index is 12.1. The molecule has 0 aliphatic rings. The first-order valence-electron chi connectivity index (χ1n) is 8.39. The Balaban J connectivity index is 1.94. The predicted octanol–water partition coefficient (Wildman–Crippen LogP) is 2.45. The largest absolute Gasteiger partial charge is 0.497 e. The van der Waals surface area contributed by atoms with Crippen LogP contribution in [0.2, 0.25) is 0 Å². The smallest absolute Gasteiger partial charge is 0.310 e. The van der Waals surface area contributed by atoms with Crippen molar-refractivity contribution in [1.82, 2.24) is 0 Å². The van der Waals surface area contributed by atoms with Gasteiger partial charge in [-0.25, -0.2) is 0 Å². The van der Waals surface area contributed by atoms with E-state index in [4.69, 9.17) is 23.7 Å². The normalized spacial score (nSPS) is 10.0. The lowest BCUT2D eigenvalue weighted by Crippen LogP contribution is -2.21. The Morgan fingerprint density at radius 1 is 0.893 bits per heavy atom. The summed E-state index contributed by atoms with van der Waals surface area (Å²) in [5.41, 5.74) is 1.15. The van der Waals surface area contributed by atoms with Gasteiger partial charge in [-0.3, -0.25) is 9.59 Å². The highest BCUT2D eigenvalue weighted by molar-refractivity contribution is 5.93. The van der Waals surface area contributed by atoms with Crippen LogP contribution in [0.25, 0.3) is 0 Å². The first-order chi connectivity index (χ1) is 13.5. The van der Waals surface area contributed by atoms with Crippen molar-refractivity contribution in [2.24, 2.45) is 0 Å². The molecule has 28 heavy (non-hydrogen) atoms. The van der Waals surface area contributed by atoms with Gasteiger partial charge in [0.05, 0.1) is 34.9 Å². The molecule has 0 spiro atoms. The zero-order valence-electron chi connectivity index (χ0n) is 16.2. The van der Waals surface area contributed by atoms with Crippen LogP contribution in [-0.2, 0) is 20.7 Å². The number of hydrogen-bond acceptors (Lipinski definition) is 7. The topological polar surface area (TPSA) is 92.3 Å². The van der Waals surface area contributed by atoms with E-state index in [2.05, 4.69) is 5.32 Å². The molecule has 1 N–H and O–H groups in total. The number of hydrogen-bond donors (Lipinski definition) is 1. The maximum Gasteiger partial charge on any atom is 0.310 e. The van der Waals surface area contributed by atoms with Crippen molar-refractivity contribution < 1.29 is 33.3 Å². The second-order valence-corrected chi connectivity index (χ2v) is 5.65. The molecule has 2 rings (SSSR count). The minimum absolute atomic E-state index is 0.0524. The van der Waals surface area contributed by atoms with Gasteiger partial charge in [0.1, 0.15) is 5.75 Å². The number of benzene rings is 2. The number of carbonyl (C=O) groups excluding carboxylic acids is 2. The van der Waals surface area contributed by atoms with E-state index < -0.39 is 18.5 Å². The Kier molecular flexibility index (Phi) is 7.50. The van der Waals surface area contributed by atoms with E-state index in [1.807, 2.05) is 0 Å². The van der Waals surface area contributed by atoms with Gasteiger partial charge in [0.15, 0.2) is 18.1 Å². The fourth-order valence-corrected chi connectivity index (χ4v) is 2.50. The van der Waals surface area contributed by atoms with E-state index >= 15 is 0 Å². The van der Waals surface area contributed by atoms with Gasteiger partial charge in [-0.05, 0) is 29.8 Å². The summed E-state index contributed by atoms with van der Waals surface area (Å²) in [7, 11) is 6.01. The van der Waals surface area contributed by atoms with Crippen molar-refractivity contribution in [1.29, 1.82) is 0 Å². The molecule has 8 heteroatoms. The summed E-state index contributed by atoms with van der Waals surface area (Å²) in [6.07, 6.45) is -0.0524. The summed E-state index contributed by atoms with van der Waals surface area (Å²) in [6.45, 7) is -0.402. The summed E-state index contributed by atoms with van der Waals surface area (Å²) in [4.78, 5) is 24.1. The molecule has 0 fully saturated rings. The van der Waals surface area contributed by atoms with Gasteiger partial charge in [0, 0.05) is 11.8 Å². The Labute approximate surface area is 163 Å². The average Bonchev–Trinajstić information content (AvgIpc) is 2.71. The lowest BCUT2D eigenvalue weighted by molar-refractivity contribution is -0.146. The molecule has 1 amide bonds. The molecule has 0 bridgehead atoms. The van der Waals surface area contributed by atoms with Crippen LogP contribution in [0.4, 0.5) is 5.69 Å². The number of esters is 1. The molecule has 0 aliphatic heterocycles. The molecule has 8 nitrogen and oxygen atoms in total. The number of carbonyl (C=O) groups is 2. The Morgan fingerprint density at radius 3 is 2.14 bits per heavy atom. The number of rotatable bonds is 9. The van der Waals surface area contributed by atoms with E-state index in [1.165, 1.54) is 28.4 Å². The number of ether oxygens (including phenoxy) is 5. The molecular weight excluding hydrogens is 366 g/mol. The molecule has 2 aromatic carbocycles. The van der Waals surface area contributed by atoms with Crippen molar-refractivity contribution in [3.05, 3.63) is 42.0 Å². The van der Waals surface area contributed by atoms with E-state index in [0.29, 0.717) is 34.2 Å². The lowest BCUT2D eigenvalue weighted by Gasteiger charge is -2.14. The van der Waals surface area contributed by atoms with Gasteiger partial charge < -0.3 is 29.0 Å². The van der Waals surface area contributed by atoms with E-state index in [-0.39, 0.29) is 6.42 Å². The Morgan fingerprint density at radius 2 is 1.57 bits per heavy atom. The summed E-state index contributed by atoms with van der Waals surface area (Å²) in [5.74, 6) is 0.888. The highest BCUT2D eigenvalue weighted by Gasteiger charge is 2.16. The predicted molar refractivity (Wildman–Crippen MR) is 102 cm³/mol. The zero-order valence-corrected chi connectivity index (χ0v) is 16.2. The third-order valence-corrected chi connectivity index (χ3v) is 3.79. The number of methoxy groups -OCH3 is 4. The van der Waals surface area contributed by atoms with Crippen LogP contribution < -0.4 is 24.3 Å². The van der Waals surface area contributed by atoms with Crippen molar-refractivity contribution in [3.8, 4) is 23.0 Å². The monoisotopic (exact) mass is 389 g/mol. The molecule has 2 aromatic rings. The summed E-state index contributed by atoms with van der Waals surface area (Å²) < 4.78 is 25.9. The minimum atomic E-state index is -0.560.